The first-order chi connectivity index (χ1) is 10.0. The molecule has 1 fully saturated rings. The van der Waals surface area contributed by atoms with Crippen LogP contribution in [0.15, 0.2) is 22.7 Å². The fourth-order valence-electron chi connectivity index (χ4n) is 2.63. The molecule has 0 amide bonds. The van der Waals surface area contributed by atoms with Crippen LogP contribution >= 0.6 is 15.9 Å². The molecule has 1 atom stereocenters. The van der Waals surface area contributed by atoms with Gasteiger partial charge in [0.25, 0.3) is 0 Å². The number of rotatable bonds is 7. The Morgan fingerprint density at radius 3 is 2.90 bits per heavy atom. The Kier molecular flexibility index (Phi) is 6.08. The second kappa shape index (κ2) is 7.61. The third-order valence-electron chi connectivity index (χ3n) is 3.76. The van der Waals surface area contributed by atoms with E-state index >= 15 is 0 Å². The highest BCUT2D eigenvalue weighted by Crippen LogP contribution is 2.32. The largest absolute Gasteiger partial charge is 0.489 e. The lowest BCUT2D eigenvalue weighted by Gasteiger charge is -2.20. The van der Waals surface area contributed by atoms with Crippen molar-refractivity contribution in [2.24, 2.45) is 0 Å². The molecule has 0 bridgehead atoms. The van der Waals surface area contributed by atoms with Crippen LogP contribution in [0, 0.1) is 0 Å². The molecule has 1 aliphatic heterocycles. The number of hydrogen-bond acceptors (Lipinski definition) is 3. The van der Waals surface area contributed by atoms with Gasteiger partial charge in [-0.1, -0.05) is 19.1 Å². The highest BCUT2D eigenvalue weighted by Gasteiger charge is 2.32. The van der Waals surface area contributed by atoms with Gasteiger partial charge in [-0.15, -0.1) is 0 Å². The van der Waals surface area contributed by atoms with Gasteiger partial charge in [-0.25, -0.2) is 0 Å². The molecule has 0 saturated carbocycles. The average Bonchev–Trinajstić information content (AvgIpc) is 2.78. The summed E-state index contributed by atoms with van der Waals surface area (Å²) >= 11 is 3.59. The van der Waals surface area contributed by atoms with Gasteiger partial charge < -0.3 is 14.8 Å². The third kappa shape index (κ3) is 4.97. The summed E-state index contributed by atoms with van der Waals surface area (Å²) in [7, 11) is 0. The van der Waals surface area contributed by atoms with Crippen molar-refractivity contribution in [2.45, 2.75) is 58.3 Å². The van der Waals surface area contributed by atoms with Crippen molar-refractivity contribution in [3.63, 3.8) is 0 Å². The first kappa shape index (κ1) is 16.8. The molecule has 1 aromatic rings. The van der Waals surface area contributed by atoms with E-state index in [0.717, 1.165) is 42.6 Å². The maximum Gasteiger partial charge on any atom is 0.138 e. The van der Waals surface area contributed by atoms with E-state index in [4.69, 9.17) is 9.47 Å². The lowest BCUT2D eigenvalue weighted by atomic mass is 10.1. The van der Waals surface area contributed by atoms with E-state index in [1.807, 2.05) is 6.07 Å². The summed E-state index contributed by atoms with van der Waals surface area (Å²) in [6, 6.07) is 6.19. The van der Waals surface area contributed by atoms with Gasteiger partial charge in [0.15, 0.2) is 0 Å². The second-order valence-corrected chi connectivity index (χ2v) is 7.11. The summed E-state index contributed by atoms with van der Waals surface area (Å²) in [5, 5.41) is 3.43. The van der Waals surface area contributed by atoms with E-state index < -0.39 is 0 Å². The maximum atomic E-state index is 6.06. The van der Waals surface area contributed by atoms with E-state index in [-0.39, 0.29) is 11.7 Å². The molecule has 1 aromatic carbocycles. The molecule has 1 unspecified atom stereocenters. The monoisotopic (exact) mass is 355 g/mol. The molecule has 21 heavy (non-hydrogen) atoms. The molecular formula is C17H26BrNO2. The van der Waals surface area contributed by atoms with E-state index in [2.05, 4.69) is 54.2 Å². The molecule has 2 rings (SSSR count). The lowest BCUT2D eigenvalue weighted by Crippen LogP contribution is -2.24. The van der Waals surface area contributed by atoms with E-state index in [9.17, 15) is 0 Å². The van der Waals surface area contributed by atoms with Crippen molar-refractivity contribution in [3.05, 3.63) is 28.2 Å². The molecule has 1 N–H and O–H groups in total. The van der Waals surface area contributed by atoms with Gasteiger partial charge >= 0.3 is 0 Å². The molecule has 4 heteroatoms. The van der Waals surface area contributed by atoms with Crippen molar-refractivity contribution < 1.29 is 9.47 Å². The third-order valence-corrected chi connectivity index (χ3v) is 4.38. The Hall–Kier alpha value is -0.580. The minimum Gasteiger partial charge on any atom is -0.489 e. The zero-order valence-corrected chi connectivity index (χ0v) is 14.8. The summed E-state index contributed by atoms with van der Waals surface area (Å²) in [6.07, 6.45) is 3.50. The second-order valence-electron chi connectivity index (χ2n) is 6.25. The zero-order valence-electron chi connectivity index (χ0n) is 13.2. The smallest absolute Gasteiger partial charge is 0.138 e. The fourth-order valence-corrected chi connectivity index (χ4v) is 3.15. The number of ether oxygens (including phenoxy) is 2. The van der Waals surface area contributed by atoms with Crippen LogP contribution in [0.1, 0.15) is 45.6 Å². The average molecular weight is 356 g/mol. The Bertz CT molecular complexity index is 462. The van der Waals surface area contributed by atoms with Crippen LogP contribution < -0.4 is 10.1 Å². The van der Waals surface area contributed by atoms with E-state index in [1.165, 1.54) is 5.56 Å². The van der Waals surface area contributed by atoms with E-state index in [1.54, 1.807) is 0 Å². The van der Waals surface area contributed by atoms with Crippen LogP contribution in [0.5, 0.6) is 5.75 Å². The van der Waals surface area contributed by atoms with Crippen LogP contribution in [0.2, 0.25) is 0 Å². The van der Waals surface area contributed by atoms with Crippen molar-refractivity contribution in [2.75, 3.05) is 13.2 Å². The number of halogens is 1. The Labute approximate surface area is 136 Å². The molecule has 0 spiro atoms. The first-order valence-corrected chi connectivity index (χ1v) is 8.60. The predicted molar refractivity (Wildman–Crippen MR) is 89.8 cm³/mol. The summed E-state index contributed by atoms with van der Waals surface area (Å²) < 4.78 is 13.1. The Balaban J connectivity index is 1.95. The molecule has 0 aliphatic carbocycles. The standard InChI is InChI=1S/C17H26BrNO2/c1-4-10-19-11-13-6-5-7-15(18)16(13)20-12-14-8-9-17(2,3)21-14/h5-7,14,19H,4,8-12H2,1-3H3. The number of benzene rings is 1. The summed E-state index contributed by atoms with van der Waals surface area (Å²) in [4.78, 5) is 0. The Morgan fingerprint density at radius 2 is 2.24 bits per heavy atom. The van der Waals surface area contributed by atoms with Gasteiger partial charge in [-0.05, 0) is 61.7 Å². The van der Waals surface area contributed by atoms with Crippen molar-refractivity contribution in [1.82, 2.24) is 5.32 Å². The Morgan fingerprint density at radius 1 is 1.43 bits per heavy atom. The van der Waals surface area contributed by atoms with Crippen LogP contribution in [0.4, 0.5) is 0 Å². The highest BCUT2D eigenvalue weighted by molar-refractivity contribution is 9.10. The molecule has 118 valence electrons. The first-order valence-electron chi connectivity index (χ1n) is 7.80. The summed E-state index contributed by atoms with van der Waals surface area (Å²) in [6.45, 7) is 8.93. The predicted octanol–water partition coefficient (Wildman–Crippen LogP) is 4.29. The molecule has 0 radical (unpaired) electrons. The molecule has 1 saturated heterocycles. The van der Waals surface area contributed by atoms with E-state index in [0.29, 0.717) is 6.61 Å². The van der Waals surface area contributed by atoms with Crippen LogP contribution in [-0.2, 0) is 11.3 Å². The maximum absolute atomic E-state index is 6.06. The van der Waals surface area contributed by atoms with Gasteiger partial charge in [0.05, 0.1) is 16.2 Å². The van der Waals surface area contributed by atoms with Gasteiger partial charge in [0.1, 0.15) is 12.4 Å². The fraction of sp³-hybridized carbons (Fsp3) is 0.647. The number of hydrogen-bond donors (Lipinski definition) is 1. The summed E-state index contributed by atoms with van der Waals surface area (Å²) in [5.74, 6) is 0.939. The van der Waals surface area contributed by atoms with Crippen LogP contribution in [0.25, 0.3) is 0 Å². The lowest BCUT2D eigenvalue weighted by molar-refractivity contribution is -0.0328. The van der Waals surface area contributed by atoms with Crippen LogP contribution in [-0.4, -0.2) is 24.9 Å². The van der Waals surface area contributed by atoms with Crippen LogP contribution in [0.3, 0.4) is 0 Å². The molecular weight excluding hydrogens is 330 g/mol. The quantitative estimate of drug-likeness (QED) is 0.740. The number of nitrogens with one attached hydrogen (secondary N) is 1. The van der Waals surface area contributed by atoms with Gasteiger partial charge in [0, 0.05) is 12.1 Å². The van der Waals surface area contributed by atoms with Gasteiger partial charge in [-0.3, -0.25) is 0 Å². The zero-order chi connectivity index (χ0) is 15.3. The molecule has 1 heterocycles. The topological polar surface area (TPSA) is 30.5 Å². The van der Waals surface area contributed by atoms with Gasteiger partial charge in [-0.2, -0.15) is 0 Å². The van der Waals surface area contributed by atoms with Crippen molar-refractivity contribution in [1.29, 1.82) is 0 Å². The van der Waals surface area contributed by atoms with Crippen molar-refractivity contribution >= 4 is 15.9 Å². The minimum absolute atomic E-state index is 0.00649. The summed E-state index contributed by atoms with van der Waals surface area (Å²) in [5.41, 5.74) is 1.18. The highest BCUT2D eigenvalue weighted by atomic mass is 79.9. The SMILES string of the molecule is CCCNCc1cccc(Br)c1OCC1CCC(C)(C)O1. The normalized spacial score (nSPS) is 20.7. The minimum atomic E-state index is -0.00649. The molecule has 3 nitrogen and oxygen atoms in total. The molecule has 0 aromatic heterocycles. The van der Waals surface area contributed by atoms with Gasteiger partial charge in [0.2, 0.25) is 0 Å². The molecule has 1 aliphatic rings. The number of para-hydroxylation sites is 1. The van der Waals surface area contributed by atoms with Crippen molar-refractivity contribution in [3.8, 4) is 5.75 Å².